The number of carboxylic acids is 1. The molecule has 0 fully saturated rings. The summed E-state index contributed by atoms with van der Waals surface area (Å²) >= 11 is 6.00. The van der Waals surface area contributed by atoms with Crippen LogP contribution in [0.2, 0.25) is 5.02 Å². The van der Waals surface area contributed by atoms with Crippen molar-refractivity contribution in [3.05, 3.63) is 35.0 Å². The van der Waals surface area contributed by atoms with Crippen LogP contribution in [0.25, 0.3) is 11.0 Å². The maximum absolute atomic E-state index is 10.9. The van der Waals surface area contributed by atoms with Crippen LogP contribution in [0.5, 0.6) is 0 Å². The summed E-state index contributed by atoms with van der Waals surface area (Å²) in [7, 11) is 0. The van der Waals surface area contributed by atoms with E-state index in [4.69, 9.17) is 21.1 Å². The average molecular weight is 225 g/mol. The van der Waals surface area contributed by atoms with Crippen molar-refractivity contribution in [3.63, 3.8) is 0 Å². The van der Waals surface area contributed by atoms with Gasteiger partial charge in [-0.3, -0.25) is 4.79 Å². The Morgan fingerprint density at radius 2 is 2.27 bits per heavy atom. The van der Waals surface area contributed by atoms with E-state index >= 15 is 0 Å². The van der Waals surface area contributed by atoms with E-state index in [1.54, 1.807) is 25.1 Å². The molecule has 1 aromatic carbocycles. The first-order chi connectivity index (χ1) is 7.11. The van der Waals surface area contributed by atoms with E-state index in [1.807, 2.05) is 0 Å². The van der Waals surface area contributed by atoms with E-state index in [0.29, 0.717) is 21.6 Å². The lowest BCUT2D eigenvalue weighted by atomic mass is 10.0. The zero-order chi connectivity index (χ0) is 11.0. The third-order valence-electron chi connectivity index (χ3n) is 2.41. The number of hydrogen-bond acceptors (Lipinski definition) is 2. The number of hydrogen-bond donors (Lipinski definition) is 1. The molecule has 2 aromatic rings. The highest BCUT2D eigenvalue weighted by Gasteiger charge is 2.20. The van der Waals surface area contributed by atoms with Crippen molar-refractivity contribution in [1.29, 1.82) is 0 Å². The Balaban J connectivity index is 2.67. The monoisotopic (exact) mass is 224 g/mol. The Kier molecular flexibility index (Phi) is 2.40. The van der Waals surface area contributed by atoms with Gasteiger partial charge in [-0.05, 0) is 19.1 Å². The molecule has 0 saturated heterocycles. The fourth-order valence-electron chi connectivity index (χ4n) is 1.52. The van der Waals surface area contributed by atoms with Crippen molar-refractivity contribution in [2.24, 2.45) is 0 Å². The lowest BCUT2D eigenvalue weighted by molar-refractivity contribution is -0.138. The van der Waals surface area contributed by atoms with Gasteiger partial charge in [0.05, 0.1) is 17.2 Å². The molecule has 1 N–H and O–H groups in total. The molecule has 0 bridgehead atoms. The third-order valence-corrected chi connectivity index (χ3v) is 2.73. The van der Waals surface area contributed by atoms with Gasteiger partial charge < -0.3 is 9.52 Å². The molecule has 15 heavy (non-hydrogen) atoms. The van der Waals surface area contributed by atoms with Gasteiger partial charge in [0.1, 0.15) is 5.58 Å². The fraction of sp³-hybridized carbons (Fsp3) is 0.182. The largest absolute Gasteiger partial charge is 0.481 e. The zero-order valence-electron chi connectivity index (χ0n) is 8.03. The van der Waals surface area contributed by atoms with Gasteiger partial charge in [0.25, 0.3) is 0 Å². The number of carbonyl (C=O) groups is 1. The molecule has 0 radical (unpaired) electrons. The van der Waals surface area contributed by atoms with Gasteiger partial charge in [0, 0.05) is 10.9 Å². The summed E-state index contributed by atoms with van der Waals surface area (Å²) in [4.78, 5) is 10.9. The molecule has 0 aliphatic carbocycles. The molecule has 0 amide bonds. The van der Waals surface area contributed by atoms with Crippen molar-refractivity contribution in [3.8, 4) is 0 Å². The standard InChI is InChI=1S/C11H9ClO3/c1-6(11(13)14)7-5-15-9-4-2-3-8(12)10(7)9/h2-6H,1H3,(H,13,14). The average Bonchev–Trinajstić information content (AvgIpc) is 2.61. The normalized spacial score (nSPS) is 12.9. The topological polar surface area (TPSA) is 50.4 Å². The number of fused-ring (bicyclic) bond motifs is 1. The minimum atomic E-state index is -0.891. The van der Waals surface area contributed by atoms with Crippen molar-refractivity contribution in [2.75, 3.05) is 0 Å². The van der Waals surface area contributed by atoms with Crippen molar-refractivity contribution >= 4 is 28.5 Å². The molecule has 78 valence electrons. The van der Waals surface area contributed by atoms with Crippen molar-refractivity contribution in [2.45, 2.75) is 12.8 Å². The van der Waals surface area contributed by atoms with E-state index in [-0.39, 0.29) is 0 Å². The van der Waals surface area contributed by atoms with Gasteiger partial charge in [-0.1, -0.05) is 17.7 Å². The van der Waals surface area contributed by atoms with E-state index in [1.165, 1.54) is 6.26 Å². The molecule has 0 spiro atoms. The molecule has 1 heterocycles. The maximum atomic E-state index is 10.9. The van der Waals surface area contributed by atoms with Crippen molar-refractivity contribution in [1.82, 2.24) is 0 Å². The molecule has 2 rings (SSSR count). The van der Waals surface area contributed by atoms with Crippen LogP contribution < -0.4 is 0 Å². The van der Waals surface area contributed by atoms with Crippen LogP contribution in [-0.2, 0) is 4.79 Å². The highest BCUT2D eigenvalue weighted by molar-refractivity contribution is 6.35. The first-order valence-corrected chi connectivity index (χ1v) is 4.87. The molecule has 0 aliphatic heterocycles. The quantitative estimate of drug-likeness (QED) is 0.852. The summed E-state index contributed by atoms with van der Waals surface area (Å²) in [6, 6.07) is 5.25. The molecule has 4 heteroatoms. The highest BCUT2D eigenvalue weighted by atomic mass is 35.5. The van der Waals surface area contributed by atoms with Crippen LogP contribution in [-0.4, -0.2) is 11.1 Å². The first-order valence-electron chi connectivity index (χ1n) is 4.49. The van der Waals surface area contributed by atoms with Crippen LogP contribution in [0.3, 0.4) is 0 Å². The summed E-state index contributed by atoms with van der Waals surface area (Å²) in [5, 5.41) is 10.1. The second kappa shape index (κ2) is 3.59. The lowest BCUT2D eigenvalue weighted by Crippen LogP contribution is -2.06. The third kappa shape index (κ3) is 1.59. The number of benzene rings is 1. The number of furan rings is 1. The van der Waals surface area contributed by atoms with Crippen LogP contribution in [0.15, 0.2) is 28.9 Å². The summed E-state index contributed by atoms with van der Waals surface area (Å²) in [5.74, 6) is -1.51. The number of carboxylic acid groups (broad SMARTS) is 1. The minimum Gasteiger partial charge on any atom is -0.481 e. The Labute approximate surface area is 91.3 Å². The van der Waals surface area contributed by atoms with E-state index in [9.17, 15) is 4.79 Å². The molecule has 1 atom stereocenters. The van der Waals surface area contributed by atoms with E-state index < -0.39 is 11.9 Å². The van der Waals surface area contributed by atoms with Gasteiger partial charge in [-0.25, -0.2) is 0 Å². The molecule has 0 aliphatic rings. The smallest absolute Gasteiger partial charge is 0.310 e. The summed E-state index contributed by atoms with van der Waals surface area (Å²) < 4.78 is 5.25. The van der Waals surface area contributed by atoms with Gasteiger partial charge in [0.2, 0.25) is 0 Å². The van der Waals surface area contributed by atoms with Gasteiger partial charge in [-0.2, -0.15) is 0 Å². The summed E-state index contributed by atoms with van der Waals surface area (Å²) in [6.45, 7) is 1.61. The highest BCUT2D eigenvalue weighted by Crippen LogP contribution is 2.32. The number of halogens is 1. The number of rotatable bonds is 2. The van der Waals surface area contributed by atoms with Crippen LogP contribution in [0.4, 0.5) is 0 Å². The van der Waals surface area contributed by atoms with Gasteiger partial charge in [-0.15, -0.1) is 0 Å². The lowest BCUT2D eigenvalue weighted by Gasteiger charge is -2.03. The van der Waals surface area contributed by atoms with E-state index in [0.717, 1.165) is 0 Å². The molecular formula is C11H9ClO3. The predicted molar refractivity (Wildman–Crippen MR) is 57.3 cm³/mol. The van der Waals surface area contributed by atoms with E-state index in [2.05, 4.69) is 0 Å². The van der Waals surface area contributed by atoms with Gasteiger partial charge >= 0.3 is 5.97 Å². The Hall–Kier alpha value is -1.48. The van der Waals surface area contributed by atoms with Crippen LogP contribution >= 0.6 is 11.6 Å². The van der Waals surface area contributed by atoms with Gasteiger partial charge in [0.15, 0.2) is 0 Å². The maximum Gasteiger partial charge on any atom is 0.310 e. The minimum absolute atomic E-state index is 0.518. The number of aliphatic carboxylic acids is 1. The Morgan fingerprint density at radius 3 is 2.93 bits per heavy atom. The predicted octanol–water partition coefficient (Wildman–Crippen LogP) is 3.27. The summed E-state index contributed by atoms with van der Waals surface area (Å²) in [5.41, 5.74) is 1.23. The molecule has 1 unspecified atom stereocenters. The Bertz CT molecular complexity index is 516. The first kappa shape index (κ1) is 10.1. The fourth-order valence-corrected chi connectivity index (χ4v) is 1.80. The Morgan fingerprint density at radius 1 is 1.53 bits per heavy atom. The zero-order valence-corrected chi connectivity index (χ0v) is 8.78. The van der Waals surface area contributed by atoms with Crippen molar-refractivity contribution < 1.29 is 14.3 Å². The second-order valence-electron chi connectivity index (χ2n) is 3.36. The molecular weight excluding hydrogens is 216 g/mol. The molecule has 1 aromatic heterocycles. The molecule has 3 nitrogen and oxygen atoms in total. The molecule has 0 saturated carbocycles. The SMILES string of the molecule is CC(C(=O)O)c1coc2cccc(Cl)c12. The van der Waals surface area contributed by atoms with Crippen LogP contribution in [0, 0.1) is 0 Å². The second-order valence-corrected chi connectivity index (χ2v) is 3.77. The summed E-state index contributed by atoms with van der Waals surface area (Å²) in [6.07, 6.45) is 1.45. The van der Waals surface area contributed by atoms with Crippen LogP contribution in [0.1, 0.15) is 18.4 Å².